The van der Waals surface area contributed by atoms with Crippen LogP contribution in [-0.4, -0.2) is 28.7 Å². The Bertz CT molecular complexity index is 426. The summed E-state index contributed by atoms with van der Waals surface area (Å²) in [6.07, 6.45) is 0.897. The molecule has 1 heterocycles. The van der Waals surface area contributed by atoms with Gasteiger partial charge in [-0.2, -0.15) is 0 Å². The Labute approximate surface area is 107 Å². The van der Waals surface area contributed by atoms with E-state index in [1.54, 1.807) is 11.0 Å². The van der Waals surface area contributed by atoms with E-state index in [1.165, 1.54) is 12.1 Å². The molecule has 16 heavy (non-hydrogen) atoms. The second kappa shape index (κ2) is 4.72. The molecule has 1 fully saturated rings. The summed E-state index contributed by atoms with van der Waals surface area (Å²) >= 11 is 9.08. The van der Waals surface area contributed by atoms with E-state index in [4.69, 9.17) is 11.6 Å². The third kappa shape index (κ3) is 2.23. The third-order valence-corrected chi connectivity index (χ3v) is 3.64. The molecular weight excluding hydrogens is 296 g/mol. The summed E-state index contributed by atoms with van der Waals surface area (Å²) in [5.74, 6) is -0.922. The maximum absolute atomic E-state index is 13.6. The number of carbonyl (C=O) groups excluding carboxylic acids is 1. The largest absolute Gasteiger partial charge is 0.337 e. The monoisotopic (exact) mass is 305 g/mol. The van der Waals surface area contributed by atoms with Crippen molar-refractivity contribution in [2.45, 2.75) is 11.2 Å². The number of hydrogen-bond acceptors (Lipinski definition) is 1. The fraction of sp³-hybridized carbons (Fsp3) is 0.364. The van der Waals surface area contributed by atoms with Crippen molar-refractivity contribution in [3.63, 3.8) is 0 Å². The van der Waals surface area contributed by atoms with Crippen molar-refractivity contribution < 1.29 is 9.18 Å². The van der Waals surface area contributed by atoms with Crippen LogP contribution in [0.4, 0.5) is 4.39 Å². The molecule has 1 aromatic carbocycles. The predicted molar refractivity (Wildman–Crippen MR) is 64.6 cm³/mol. The SMILES string of the molecule is O=C(c1cccc(Cl)c1F)N1CCC(Br)C1. The van der Waals surface area contributed by atoms with Gasteiger partial charge in [0, 0.05) is 17.9 Å². The quantitative estimate of drug-likeness (QED) is 0.730. The number of carbonyl (C=O) groups is 1. The van der Waals surface area contributed by atoms with Crippen molar-refractivity contribution in [3.05, 3.63) is 34.6 Å². The zero-order chi connectivity index (χ0) is 11.7. The van der Waals surface area contributed by atoms with Gasteiger partial charge in [-0.15, -0.1) is 0 Å². The van der Waals surface area contributed by atoms with Gasteiger partial charge in [0.15, 0.2) is 5.82 Å². The number of rotatable bonds is 1. The van der Waals surface area contributed by atoms with Gasteiger partial charge in [0.2, 0.25) is 0 Å². The highest BCUT2D eigenvalue weighted by atomic mass is 79.9. The first kappa shape index (κ1) is 11.9. The molecule has 1 saturated heterocycles. The van der Waals surface area contributed by atoms with Crippen LogP contribution in [0.5, 0.6) is 0 Å². The molecule has 1 amide bonds. The molecule has 0 spiro atoms. The Balaban J connectivity index is 2.24. The van der Waals surface area contributed by atoms with E-state index in [9.17, 15) is 9.18 Å². The number of nitrogens with zero attached hydrogens (tertiary/aromatic N) is 1. The second-order valence-corrected chi connectivity index (χ2v) is 5.44. The Hall–Kier alpha value is -0.610. The minimum absolute atomic E-state index is 0.0135. The molecule has 1 aromatic rings. The molecule has 1 atom stereocenters. The lowest BCUT2D eigenvalue weighted by molar-refractivity contribution is 0.0789. The topological polar surface area (TPSA) is 20.3 Å². The molecule has 1 unspecified atom stereocenters. The lowest BCUT2D eigenvalue weighted by Crippen LogP contribution is -2.29. The van der Waals surface area contributed by atoms with Crippen LogP contribution in [0.2, 0.25) is 5.02 Å². The van der Waals surface area contributed by atoms with E-state index < -0.39 is 5.82 Å². The minimum Gasteiger partial charge on any atom is -0.337 e. The van der Waals surface area contributed by atoms with Gasteiger partial charge in [0.05, 0.1) is 10.6 Å². The molecule has 0 aromatic heterocycles. The van der Waals surface area contributed by atoms with Gasteiger partial charge in [0.25, 0.3) is 5.91 Å². The molecule has 0 radical (unpaired) electrons. The van der Waals surface area contributed by atoms with Crippen molar-refractivity contribution >= 4 is 33.4 Å². The van der Waals surface area contributed by atoms with Gasteiger partial charge in [-0.3, -0.25) is 4.79 Å². The number of benzene rings is 1. The second-order valence-electron chi connectivity index (χ2n) is 3.74. The molecule has 0 bridgehead atoms. The highest BCUT2D eigenvalue weighted by molar-refractivity contribution is 9.09. The Kier molecular flexibility index (Phi) is 3.50. The van der Waals surface area contributed by atoms with E-state index in [0.29, 0.717) is 17.9 Å². The molecule has 1 aliphatic rings. The number of likely N-dealkylation sites (tertiary alicyclic amines) is 1. The average Bonchev–Trinajstić information content (AvgIpc) is 2.68. The Morgan fingerprint density at radius 1 is 1.56 bits per heavy atom. The van der Waals surface area contributed by atoms with Gasteiger partial charge in [-0.25, -0.2) is 4.39 Å². The number of halogens is 3. The van der Waals surface area contributed by atoms with Crippen LogP contribution in [0.15, 0.2) is 18.2 Å². The van der Waals surface area contributed by atoms with E-state index in [2.05, 4.69) is 15.9 Å². The predicted octanol–water partition coefficient (Wildman–Crippen LogP) is 3.09. The summed E-state index contributed by atoms with van der Waals surface area (Å²) < 4.78 is 13.6. The van der Waals surface area contributed by atoms with Crippen molar-refractivity contribution in [3.8, 4) is 0 Å². The van der Waals surface area contributed by atoms with Gasteiger partial charge in [-0.05, 0) is 18.6 Å². The lowest BCUT2D eigenvalue weighted by atomic mass is 10.2. The zero-order valence-corrected chi connectivity index (χ0v) is 10.8. The number of amides is 1. The van der Waals surface area contributed by atoms with Crippen LogP contribution < -0.4 is 0 Å². The third-order valence-electron chi connectivity index (χ3n) is 2.60. The maximum Gasteiger partial charge on any atom is 0.256 e. The summed E-state index contributed by atoms with van der Waals surface area (Å²) in [5.41, 5.74) is 0.0501. The normalized spacial score (nSPS) is 20.2. The molecule has 0 N–H and O–H groups in total. The smallest absolute Gasteiger partial charge is 0.256 e. The number of alkyl halides is 1. The summed E-state index contributed by atoms with van der Waals surface area (Å²) in [4.78, 5) is 13.9. The van der Waals surface area contributed by atoms with Crippen LogP contribution in [0.25, 0.3) is 0 Å². The lowest BCUT2D eigenvalue weighted by Gasteiger charge is -2.16. The summed E-state index contributed by atoms with van der Waals surface area (Å²) in [5, 5.41) is -0.0135. The van der Waals surface area contributed by atoms with Crippen molar-refractivity contribution in [1.29, 1.82) is 0 Å². The van der Waals surface area contributed by atoms with E-state index in [0.717, 1.165) is 6.42 Å². The van der Waals surface area contributed by atoms with Crippen molar-refractivity contribution in [2.75, 3.05) is 13.1 Å². The van der Waals surface area contributed by atoms with Crippen LogP contribution >= 0.6 is 27.5 Å². The molecule has 5 heteroatoms. The molecule has 0 aliphatic carbocycles. The fourth-order valence-electron chi connectivity index (χ4n) is 1.74. The molecule has 86 valence electrons. The van der Waals surface area contributed by atoms with Gasteiger partial charge >= 0.3 is 0 Å². The Morgan fingerprint density at radius 3 is 2.94 bits per heavy atom. The summed E-state index contributed by atoms with van der Waals surface area (Å²) in [6.45, 7) is 1.27. The zero-order valence-electron chi connectivity index (χ0n) is 8.42. The van der Waals surface area contributed by atoms with Crippen molar-refractivity contribution in [1.82, 2.24) is 4.90 Å². The van der Waals surface area contributed by atoms with Crippen molar-refractivity contribution in [2.24, 2.45) is 0 Å². The summed E-state index contributed by atoms with van der Waals surface area (Å²) in [7, 11) is 0. The van der Waals surface area contributed by atoms with E-state index >= 15 is 0 Å². The van der Waals surface area contributed by atoms with E-state index in [-0.39, 0.29) is 16.5 Å². The van der Waals surface area contributed by atoms with Crippen LogP contribution in [0.3, 0.4) is 0 Å². The first-order valence-corrected chi connectivity index (χ1v) is 6.26. The Morgan fingerprint density at radius 2 is 2.31 bits per heavy atom. The number of hydrogen-bond donors (Lipinski definition) is 0. The van der Waals surface area contributed by atoms with E-state index in [1.807, 2.05) is 0 Å². The highest BCUT2D eigenvalue weighted by Gasteiger charge is 2.27. The fourth-order valence-corrected chi connectivity index (χ4v) is 2.47. The van der Waals surface area contributed by atoms with Gasteiger partial charge in [0.1, 0.15) is 0 Å². The van der Waals surface area contributed by atoms with Crippen LogP contribution in [0.1, 0.15) is 16.8 Å². The maximum atomic E-state index is 13.6. The minimum atomic E-state index is -0.632. The summed E-state index contributed by atoms with van der Waals surface area (Å²) in [6, 6.07) is 4.48. The average molecular weight is 307 g/mol. The van der Waals surface area contributed by atoms with Gasteiger partial charge in [-0.1, -0.05) is 33.6 Å². The molecule has 2 nitrogen and oxygen atoms in total. The highest BCUT2D eigenvalue weighted by Crippen LogP contribution is 2.23. The molecule has 2 rings (SSSR count). The van der Waals surface area contributed by atoms with Crippen LogP contribution in [-0.2, 0) is 0 Å². The molecule has 1 aliphatic heterocycles. The van der Waals surface area contributed by atoms with Gasteiger partial charge < -0.3 is 4.90 Å². The standard InChI is InChI=1S/C11H10BrClFNO/c12-7-4-5-15(6-7)11(16)8-2-1-3-9(13)10(8)14/h1-3,7H,4-6H2. The first-order chi connectivity index (χ1) is 7.59. The first-order valence-electron chi connectivity index (χ1n) is 4.97. The molecular formula is C11H10BrClFNO. The molecule has 0 saturated carbocycles. The van der Waals surface area contributed by atoms with Crippen LogP contribution in [0, 0.1) is 5.82 Å².